The van der Waals surface area contributed by atoms with Gasteiger partial charge in [0.1, 0.15) is 11.6 Å². The molecule has 10 heteroatoms. The van der Waals surface area contributed by atoms with Gasteiger partial charge in [0.05, 0.1) is 17.0 Å². The topological polar surface area (TPSA) is 114 Å². The number of hydrogen-bond donors (Lipinski definition) is 3. The van der Waals surface area contributed by atoms with Gasteiger partial charge in [0.15, 0.2) is 0 Å². The van der Waals surface area contributed by atoms with Crippen LogP contribution in [0.25, 0.3) is 0 Å². The number of carbonyl (C=O) groups excluding carboxylic acids is 1. The number of aromatic nitrogens is 4. The first-order valence-corrected chi connectivity index (χ1v) is 15.5. The fraction of sp³-hybridized carbons (Fsp3) is 0.394. The number of rotatable bonds is 3. The van der Waals surface area contributed by atoms with Crippen molar-refractivity contribution in [3.63, 3.8) is 0 Å². The molecule has 4 aromatic rings. The summed E-state index contributed by atoms with van der Waals surface area (Å²) in [5.41, 5.74) is 9.49. The van der Waals surface area contributed by atoms with Crippen LogP contribution in [0.4, 0.5) is 11.6 Å². The van der Waals surface area contributed by atoms with Gasteiger partial charge in [-0.2, -0.15) is 10.2 Å². The van der Waals surface area contributed by atoms with Gasteiger partial charge in [-0.25, -0.2) is 4.79 Å². The highest BCUT2D eigenvalue weighted by atomic mass is 79.9. The van der Waals surface area contributed by atoms with Gasteiger partial charge in [0.25, 0.3) is 0 Å². The molecule has 2 unspecified atom stereocenters. The number of benzene rings is 2. The SMILES string of the molecule is Cc1cc(Br)ccc1C1CCC(=O)Nc2c1c(C)nn2C.Cc1cc(C(=O)O)ccc1C1CCCNc2c1c(C)nn2C. The molecule has 2 aliphatic rings. The monoisotopic (exact) mass is 646 g/mol. The van der Waals surface area contributed by atoms with Crippen LogP contribution in [0.5, 0.6) is 0 Å². The van der Waals surface area contributed by atoms with Gasteiger partial charge >= 0.3 is 5.97 Å². The second-order valence-corrected chi connectivity index (χ2v) is 12.5. The van der Waals surface area contributed by atoms with Crippen LogP contribution in [0.15, 0.2) is 40.9 Å². The largest absolute Gasteiger partial charge is 0.478 e. The van der Waals surface area contributed by atoms with Gasteiger partial charge in [0.2, 0.25) is 5.91 Å². The number of hydrogen-bond acceptors (Lipinski definition) is 5. The van der Waals surface area contributed by atoms with Crippen LogP contribution in [0.3, 0.4) is 0 Å². The van der Waals surface area contributed by atoms with E-state index in [1.54, 1.807) is 16.8 Å². The number of aromatic carboxylic acids is 1. The molecule has 0 spiro atoms. The Bertz CT molecular complexity index is 1710. The second-order valence-electron chi connectivity index (χ2n) is 11.6. The van der Waals surface area contributed by atoms with E-state index in [-0.39, 0.29) is 17.7 Å². The zero-order chi connectivity index (χ0) is 31.0. The van der Waals surface area contributed by atoms with Crippen LogP contribution in [-0.2, 0) is 18.9 Å². The number of carboxylic acid groups (broad SMARTS) is 1. The fourth-order valence-corrected chi connectivity index (χ4v) is 7.14. The average molecular weight is 648 g/mol. The third-order valence-electron chi connectivity index (χ3n) is 8.61. The third-order valence-corrected chi connectivity index (χ3v) is 9.11. The van der Waals surface area contributed by atoms with Crippen LogP contribution >= 0.6 is 15.9 Å². The summed E-state index contributed by atoms with van der Waals surface area (Å²) in [7, 11) is 3.84. The summed E-state index contributed by atoms with van der Waals surface area (Å²) >= 11 is 3.51. The van der Waals surface area contributed by atoms with E-state index >= 15 is 0 Å². The van der Waals surface area contributed by atoms with Crippen molar-refractivity contribution in [1.82, 2.24) is 19.6 Å². The van der Waals surface area contributed by atoms with E-state index in [2.05, 4.69) is 61.9 Å². The number of fused-ring (bicyclic) bond motifs is 2. The highest BCUT2D eigenvalue weighted by molar-refractivity contribution is 9.10. The maximum atomic E-state index is 12.0. The number of nitrogens with zero attached hydrogens (tertiary/aromatic N) is 4. The number of carbonyl (C=O) groups is 2. The third kappa shape index (κ3) is 6.11. The summed E-state index contributed by atoms with van der Waals surface area (Å²) in [4.78, 5) is 23.1. The number of anilines is 2. The maximum Gasteiger partial charge on any atom is 0.335 e. The predicted molar refractivity (Wildman–Crippen MR) is 172 cm³/mol. The van der Waals surface area contributed by atoms with E-state index in [4.69, 9.17) is 5.11 Å². The first kappa shape index (κ1) is 30.5. The highest BCUT2D eigenvalue weighted by Gasteiger charge is 2.30. The van der Waals surface area contributed by atoms with Gasteiger partial charge in [-0.05, 0) is 93.5 Å². The molecule has 2 aliphatic heterocycles. The molecule has 226 valence electrons. The van der Waals surface area contributed by atoms with Crippen LogP contribution < -0.4 is 10.6 Å². The lowest BCUT2D eigenvalue weighted by Gasteiger charge is -2.19. The zero-order valence-electron chi connectivity index (χ0n) is 25.6. The number of carboxylic acids is 1. The summed E-state index contributed by atoms with van der Waals surface area (Å²) < 4.78 is 4.76. The maximum absolute atomic E-state index is 12.0. The highest BCUT2D eigenvalue weighted by Crippen LogP contribution is 2.41. The first-order chi connectivity index (χ1) is 20.5. The molecular weight excluding hydrogens is 608 g/mol. The van der Waals surface area contributed by atoms with Gasteiger partial charge in [-0.15, -0.1) is 0 Å². The van der Waals surface area contributed by atoms with E-state index in [0.29, 0.717) is 12.0 Å². The molecule has 4 heterocycles. The molecule has 2 aromatic heterocycles. The Labute approximate surface area is 260 Å². The van der Waals surface area contributed by atoms with Crippen molar-refractivity contribution >= 4 is 39.4 Å². The lowest BCUT2D eigenvalue weighted by molar-refractivity contribution is -0.116. The first-order valence-electron chi connectivity index (χ1n) is 14.7. The lowest BCUT2D eigenvalue weighted by atomic mass is 9.85. The molecule has 0 fully saturated rings. The molecule has 0 aliphatic carbocycles. The molecule has 6 rings (SSSR count). The predicted octanol–water partition coefficient (Wildman–Crippen LogP) is 6.74. The summed E-state index contributed by atoms with van der Waals surface area (Å²) in [6.45, 7) is 9.10. The molecule has 1 amide bonds. The van der Waals surface area contributed by atoms with Crippen LogP contribution in [0.1, 0.15) is 92.6 Å². The molecular formula is C33H39BrN6O3. The van der Waals surface area contributed by atoms with Crippen LogP contribution in [-0.4, -0.2) is 43.1 Å². The Hall–Kier alpha value is -3.92. The summed E-state index contributed by atoms with van der Waals surface area (Å²) in [5, 5.41) is 24.6. The van der Waals surface area contributed by atoms with E-state index < -0.39 is 5.97 Å². The number of amides is 1. The van der Waals surface area contributed by atoms with E-state index in [0.717, 1.165) is 64.4 Å². The molecule has 3 N–H and O–H groups in total. The molecule has 43 heavy (non-hydrogen) atoms. The fourth-order valence-electron chi connectivity index (χ4n) is 6.66. The Morgan fingerprint density at radius 1 is 0.884 bits per heavy atom. The molecule has 9 nitrogen and oxygen atoms in total. The van der Waals surface area contributed by atoms with Gasteiger partial charge in [-0.1, -0.05) is 28.1 Å². The number of aryl methyl sites for hydroxylation is 6. The summed E-state index contributed by atoms with van der Waals surface area (Å²) in [6.07, 6.45) is 3.47. The Morgan fingerprint density at radius 2 is 1.47 bits per heavy atom. The molecule has 0 radical (unpaired) electrons. The standard InChI is InChI=1S/C17H21N3O2.C16H18BrN3O/c1-10-9-12(17(21)22)6-7-13(10)14-5-4-8-18-16-15(14)11(2)19-20(16)3;1-9-8-11(17)4-5-12(9)13-6-7-14(21)18-16-15(13)10(2)19-20(16)3/h6-7,9,14,18H,4-5,8H2,1-3H3,(H,21,22);4-5,8,13H,6-7H2,1-3H3,(H,18,21). The normalized spacial score (nSPS) is 17.8. The van der Waals surface area contributed by atoms with Crippen molar-refractivity contribution < 1.29 is 14.7 Å². The van der Waals surface area contributed by atoms with Crippen LogP contribution in [0, 0.1) is 27.7 Å². The lowest BCUT2D eigenvalue weighted by Crippen LogP contribution is -2.12. The van der Waals surface area contributed by atoms with E-state index in [9.17, 15) is 9.59 Å². The van der Waals surface area contributed by atoms with Crippen molar-refractivity contribution in [3.05, 3.63) is 91.2 Å². The minimum absolute atomic E-state index is 0.0662. The van der Waals surface area contributed by atoms with E-state index in [1.807, 2.05) is 45.6 Å². The minimum atomic E-state index is -0.879. The van der Waals surface area contributed by atoms with Gasteiger partial charge in [-0.3, -0.25) is 14.2 Å². The Balaban J connectivity index is 0.000000171. The molecule has 2 atom stereocenters. The Kier molecular flexibility index (Phi) is 8.78. The quantitative estimate of drug-likeness (QED) is 0.227. The molecule has 0 saturated carbocycles. The summed E-state index contributed by atoms with van der Waals surface area (Å²) in [6, 6.07) is 11.8. The van der Waals surface area contributed by atoms with Gasteiger partial charge in [0, 0.05) is 54.5 Å². The number of nitrogens with one attached hydrogen (secondary N) is 2. The van der Waals surface area contributed by atoms with E-state index in [1.165, 1.54) is 22.3 Å². The zero-order valence-corrected chi connectivity index (χ0v) is 27.2. The van der Waals surface area contributed by atoms with Crippen molar-refractivity contribution in [1.29, 1.82) is 0 Å². The molecule has 0 saturated heterocycles. The smallest absolute Gasteiger partial charge is 0.335 e. The Morgan fingerprint density at radius 3 is 2.09 bits per heavy atom. The van der Waals surface area contributed by atoms with Crippen molar-refractivity contribution in [2.24, 2.45) is 14.1 Å². The molecule has 2 aromatic carbocycles. The van der Waals surface area contributed by atoms with Crippen LogP contribution in [0.2, 0.25) is 0 Å². The van der Waals surface area contributed by atoms with Crippen molar-refractivity contribution in [2.45, 2.75) is 65.2 Å². The average Bonchev–Trinajstić information content (AvgIpc) is 3.19. The van der Waals surface area contributed by atoms with Gasteiger partial charge < -0.3 is 15.7 Å². The van der Waals surface area contributed by atoms with Crippen molar-refractivity contribution in [2.75, 3.05) is 17.2 Å². The van der Waals surface area contributed by atoms with Crippen molar-refractivity contribution in [3.8, 4) is 0 Å². The molecule has 0 bridgehead atoms. The minimum Gasteiger partial charge on any atom is -0.478 e. The number of halogens is 1. The second kappa shape index (κ2) is 12.4. The summed E-state index contributed by atoms with van der Waals surface area (Å²) in [5.74, 6) is 1.58.